The van der Waals surface area contributed by atoms with Crippen LogP contribution in [0.25, 0.3) is 5.69 Å². The monoisotopic (exact) mass is 216 g/mol. The number of hydrogen-bond donors (Lipinski definition) is 1. The first-order valence-corrected chi connectivity index (χ1v) is 5.18. The number of nitrogens with zero attached hydrogens (tertiary/aromatic N) is 3. The molecule has 0 unspecified atom stereocenters. The third kappa shape index (κ3) is 1.37. The van der Waals surface area contributed by atoms with Gasteiger partial charge in [0.2, 0.25) is 0 Å². The first-order chi connectivity index (χ1) is 7.88. The van der Waals surface area contributed by atoms with E-state index < -0.39 is 0 Å². The molecule has 3 rings (SSSR count). The van der Waals surface area contributed by atoms with Gasteiger partial charge in [0, 0.05) is 6.54 Å². The van der Waals surface area contributed by atoms with Gasteiger partial charge in [-0.05, 0) is 24.7 Å². The summed E-state index contributed by atoms with van der Waals surface area (Å²) in [5.41, 5.74) is 2.23. The zero-order valence-electron chi connectivity index (χ0n) is 8.97. The van der Waals surface area contributed by atoms with Crippen LogP contribution in [0.2, 0.25) is 0 Å². The van der Waals surface area contributed by atoms with Crippen LogP contribution in [0.15, 0.2) is 24.5 Å². The summed E-state index contributed by atoms with van der Waals surface area (Å²) in [7, 11) is 1.93. The van der Waals surface area contributed by atoms with E-state index in [0.29, 0.717) is 6.61 Å². The van der Waals surface area contributed by atoms with Gasteiger partial charge in [-0.1, -0.05) is 6.07 Å². The van der Waals surface area contributed by atoms with Crippen molar-refractivity contribution < 1.29 is 4.74 Å². The number of hydrogen-bond acceptors (Lipinski definition) is 4. The Balaban J connectivity index is 2.11. The normalized spacial score (nSPS) is 12.8. The Morgan fingerprint density at radius 1 is 1.50 bits per heavy atom. The van der Waals surface area contributed by atoms with Crippen LogP contribution in [-0.4, -0.2) is 21.8 Å². The second-order valence-electron chi connectivity index (χ2n) is 3.74. The molecule has 0 aliphatic carbocycles. The van der Waals surface area contributed by atoms with Gasteiger partial charge in [-0.2, -0.15) is 0 Å². The molecule has 1 N–H and O–H groups in total. The molecule has 0 atom stereocenters. The molecule has 1 aliphatic rings. The molecule has 2 aromatic rings. The maximum Gasteiger partial charge on any atom is 0.175 e. The molecule has 82 valence electrons. The van der Waals surface area contributed by atoms with Crippen LogP contribution in [0.4, 0.5) is 0 Å². The highest BCUT2D eigenvalue weighted by atomic mass is 16.5. The summed E-state index contributed by atoms with van der Waals surface area (Å²) in [5.74, 6) is 1.72. The van der Waals surface area contributed by atoms with Crippen molar-refractivity contribution in [2.75, 3.05) is 7.05 Å². The fourth-order valence-corrected chi connectivity index (χ4v) is 1.89. The topological polar surface area (TPSA) is 52.0 Å². The first kappa shape index (κ1) is 9.35. The highest BCUT2D eigenvalue weighted by Crippen LogP contribution is 2.29. The minimum absolute atomic E-state index is 0.484. The lowest BCUT2D eigenvalue weighted by Crippen LogP contribution is -2.13. The van der Waals surface area contributed by atoms with Crippen LogP contribution in [-0.2, 0) is 13.2 Å². The maximum absolute atomic E-state index is 5.60. The van der Waals surface area contributed by atoms with Crippen molar-refractivity contribution in [1.29, 1.82) is 0 Å². The van der Waals surface area contributed by atoms with E-state index >= 15 is 0 Å². The van der Waals surface area contributed by atoms with Crippen molar-refractivity contribution in [2.45, 2.75) is 13.2 Å². The smallest absolute Gasteiger partial charge is 0.175 e. The SMILES string of the molecule is CNCc1ccc2c(c1)-n1cnnc1CO2. The van der Waals surface area contributed by atoms with Crippen LogP contribution in [0.3, 0.4) is 0 Å². The van der Waals surface area contributed by atoms with Gasteiger partial charge in [-0.3, -0.25) is 4.57 Å². The van der Waals surface area contributed by atoms with Gasteiger partial charge in [0.25, 0.3) is 0 Å². The number of aromatic nitrogens is 3. The summed E-state index contributed by atoms with van der Waals surface area (Å²) in [6.07, 6.45) is 1.72. The molecule has 5 nitrogen and oxygen atoms in total. The fourth-order valence-electron chi connectivity index (χ4n) is 1.89. The lowest BCUT2D eigenvalue weighted by molar-refractivity contribution is 0.279. The Morgan fingerprint density at radius 3 is 3.31 bits per heavy atom. The first-order valence-electron chi connectivity index (χ1n) is 5.18. The highest BCUT2D eigenvalue weighted by molar-refractivity contribution is 5.50. The minimum Gasteiger partial charge on any atom is -0.483 e. The van der Waals surface area contributed by atoms with Crippen molar-refractivity contribution in [2.24, 2.45) is 0 Å². The van der Waals surface area contributed by atoms with Gasteiger partial charge in [0.05, 0.1) is 5.69 Å². The quantitative estimate of drug-likeness (QED) is 0.809. The predicted octanol–water partition coefficient (Wildman–Crippen LogP) is 0.879. The molecular formula is C11H12N4O. The Bertz CT molecular complexity index is 520. The number of benzene rings is 1. The van der Waals surface area contributed by atoms with Gasteiger partial charge in [0.1, 0.15) is 18.7 Å². The summed E-state index contributed by atoms with van der Waals surface area (Å²) >= 11 is 0. The Kier molecular flexibility index (Phi) is 2.11. The highest BCUT2D eigenvalue weighted by Gasteiger charge is 2.17. The van der Waals surface area contributed by atoms with Crippen LogP contribution in [0.1, 0.15) is 11.4 Å². The largest absolute Gasteiger partial charge is 0.483 e. The summed E-state index contributed by atoms with van der Waals surface area (Å²) < 4.78 is 7.57. The van der Waals surface area contributed by atoms with E-state index in [0.717, 1.165) is 23.8 Å². The van der Waals surface area contributed by atoms with E-state index in [4.69, 9.17) is 4.74 Å². The van der Waals surface area contributed by atoms with Crippen LogP contribution < -0.4 is 10.1 Å². The molecule has 1 aliphatic heterocycles. The molecule has 0 saturated heterocycles. The molecule has 2 heterocycles. The van der Waals surface area contributed by atoms with E-state index in [9.17, 15) is 0 Å². The molecule has 5 heteroatoms. The number of fused-ring (bicyclic) bond motifs is 3. The number of rotatable bonds is 2. The van der Waals surface area contributed by atoms with Crippen molar-refractivity contribution in [3.63, 3.8) is 0 Å². The molecule has 1 aromatic carbocycles. The average Bonchev–Trinajstić information content (AvgIpc) is 2.78. The molecule has 0 bridgehead atoms. The van der Waals surface area contributed by atoms with Gasteiger partial charge in [0.15, 0.2) is 5.82 Å². The van der Waals surface area contributed by atoms with Gasteiger partial charge >= 0.3 is 0 Å². The van der Waals surface area contributed by atoms with Crippen molar-refractivity contribution in [3.8, 4) is 11.4 Å². The molecule has 1 aromatic heterocycles. The third-order valence-electron chi connectivity index (χ3n) is 2.64. The average molecular weight is 216 g/mol. The third-order valence-corrected chi connectivity index (χ3v) is 2.64. The van der Waals surface area contributed by atoms with Gasteiger partial charge in [-0.15, -0.1) is 10.2 Å². The molecule has 0 fully saturated rings. The summed E-state index contributed by atoms with van der Waals surface area (Å²) in [6, 6.07) is 6.15. The standard InChI is InChI=1S/C11H12N4O/c1-12-5-8-2-3-10-9(4-8)15-7-13-14-11(15)6-16-10/h2-4,7,12H,5-6H2,1H3. The van der Waals surface area contributed by atoms with Crippen LogP contribution in [0, 0.1) is 0 Å². The van der Waals surface area contributed by atoms with Crippen LogP contribution >= 0.6 is 0 Å². The number of nitrogens with one attached hydrogen (secondary N) is 1. The van der Waals surface area contributed by atoms with Crippen LogP contribution in [0.5, 0.6) is 5.75 Å². The predicted molar refractivity (Wildman–Crippen MR) is 58.5 cm³/mol. The van der Waals surface area contributed by atoms with Gasteiger partial charge < -0.3 is 10.1 Å². The summed E-state index contributed by atoms with van der Waals surface area (Å²) in [5, 5.41) is 11.0. The minimum atomic E-state index is 0.484. The molecule has 0 spiro atoms. The number of ether oxygens (including phenoxy) is 1. The molecule has 0 amide bonds. The molecule has 0 saturated carbocycles. The van der Waals surface area contributed by atoms with E-state index in [1.165, 1.54) is 5.56 Å². The molecule has 16 heavy (non-hydrogen) atoms. The second-order valence-corrected chi connectivity index (χ2v) is 3.74. The fraction of sp³-hybridized carbons (Fsp3) is 0.273. The summed E-state index contributed by atoms with van der Waals surface area (Å²) in [4.78, 5) is 0. The van der Waals surface area contributed by atoms with E-state index in [2.05, 4.69) is 27.6 Å². The van der Waals surface area contributed by atoms with Crippen molar-refractivity contribution >= 4 is 0 Å². The zero-order chi connectivity index (χ0) is 11.0. The second kappa shape index (κ2) is 3.61. The lowest BCUT2D eigenvalue weighted by atomic mass is 10.1. The lowest BCUT2D eigenvalue weighted by Gasteiger charge is -2.19. The Hall–Kier alpha value is -1.88. The molecule has 0 radical (unpaired) electrons. The van der Waals surface area contributed by atoms with Crippen molar-refractivity contribution in [3.05, 3.63) is 35.9 Å². The molecular weight excluding hydrogens is 204 g/mol. The van der Waals surface area contributed by atoms with E-state index in [1.54, 1.807) is 6.33 Å². The van der Waals surface area contributed by atoms with E-state index in [-0.39, 0.29) is 0 Å². The Labute approximate surface area is 93.1 Å². The van der Waals surface area contributed by atoms with Crippen molar-refractivity contribution in [1.82, 2.24) is 20.1 Å². The maximum atomic E-state index is 5.60. The van der Waals surface area contributed by atoms with E-state index in [1.807, 2.05) is 17.7 Å². The van der Waals surface area contributed by atoms with Gasteiger partial charge in [-0.25, -0.2) is 0 Å². The summed E-state index contributed by atoms with van der Waals surface area (Å²) in [6.45, 7) is 1.32. The Morgan fingerprint density at radius 2 is 2.44 bits per heavy atom. The zero-order valence-corrected chi connectivity index (χ0v) is 8.97.